The van der Waals surface area contributed by atoms with Crippen molar-refractivity contribution in [2.45, 2.75) is 93.0 Å². The Bertz CT molecular complexity index is 1530. The van der Waals surface area contributed by atoms with Gasteiger partial charge >= 0.3 is 66.7 Å². The van der Waals surface area contributed by atoms with E-state index >= 15 is 0 Å². The summed E-state index contributed by atoms with van der Waals surface area (Å²) in [7, 11) is -57.6. The second-order valence-corrected chi connectivity index (χ2v) is 27.3. The van der Waals surface area contributed by atoms with Gasteiger partial charge in [0.05, 0.1) is 0 Å². The molecule has 0 bridgehead atoms. The average molecular weight is 983 g/mol. The lowest BCUT2D eigenvalue weighted by Gasteiger charge is -2.59. The molecule has 0 heterocycles. The fourth-order valence-electron chi connectivity index (χ4n) is 6.14. The minimum Gasteiger partial charge on any atom is -0.481 e. The van der Waals surface area contributed by atoms with Crippen molar-refractivity contribution in [1.82, 2.24) is 14.7 Å². The van der Waals surface area contributed by atoms with Gasteiger partial charge in [-0.25, -0.2) is 14.7 Å². The van der Waals surface area contributed by atoms with E-state index in [1.807, 2.05) is 0 Å². The number of carboxylic acid groups (broad SMARTS) is 1. The summed E-state index contributed by atoms with van der Waals surface area (Å²) in [6.45, 7) is -3.76. The molecule has 336 valence electrons. The molecule has 0 unspecified atom stereocenters. The molecule has 0 aliphatic carbocycles. The second kappa shape index (κ2) is 20.2. The molecule has 0 aromatic rings. The van der Waals surface area contributed by atoms with Gasteiger partial charge in [-0.3, -0.25) is 41.3 Å². The highest BCUT2D eigenvalue weighted by atomic mass is 31.3. The number of unbranched alkanes of at least 4 members (excludes halogenated alkanes) is 5. The van der Waals surface area contributed by atoms with Crippen LogP contribution in [0.5, 0.6) is 0 Å². The van der Waals surface area contributed by atoms with E-state index in [4.69, 9.17) is 5.11 Å². The minimum absolute atomic E-state index is 0.0662. The van der Waals surface area contributed by atoms with Crippen molar-refractivity contribution in [2.24, 2.45) is 0 Å². The van der Waals surface area contributed by atoms with Crippen LogP contribution in [0.25, 0.3) is 0 Å². The van der Waals surface area contributed by atoms with E-state index in [2.05, 4.69) is 0 Å². The highest BCUT2D eigenvalue weighted by Gasteiger charge is 2.83. The summed E-state index contributed by atoms with van der Waals surface area (Å²) in [5.74, 6) is -1.20. The van der Waals surface area contributed by atoms with Gasteiger partial charge in [0.15, 0.2) is 0 Å². The zero-order valence-electron chi connectivity index (χ0n) is 29.3. The van der Waals surface area contributed by atoms with Gasteiger partial charge in [-0.15, -0.1) is 0 Å². The molecule has 0 aliphatic heterocycles. The first kappa shape index (κ1) is 56.5. The van der Waals surface area contributed by atoms with Crippen molar-refractivity contribution >= 4 is 66.7 Å². The highest BCUT2D eigenvalue weighted by molar-refractivity contribution is 7.75. The fourth-order valence-corrected chi connectivity index (χ4v) is 20.1. The van der Waals surface area contributed by atoms with Gasteiger partial charge in [-0.05, 0) is 25.7 Å². The largest absolute Gasteiger partial charge is 0.481 e. The number of aliphatic carboxylic acids is 1. The van der Waals surface area contributed by atoms with Gasteiger partial charge in [0.1, 0.15) is 0 Å². The first-order valence-corrected chi connectivity index (χ1v) is 28.8. The molecule has 0 aliphatic rings. The van der Waals surface area contributed by atoms with Crippen LogP contribution in [0.15, 0.2) is 0 Å². The minimum atomic E-state index is -7.60. The van der Waals surface area contributed by atoms with Crippen LogP contribution in [0.1, 0.15) is 71.6 Å². The molecule has 0 amide bonds. The van der Waals surface area contributed by atoms with Crippen molar-refractivity contribution in [1.29, 1.82) is 0 Å². The number of hydrogen-bond donors (Lipinski definition) is 17. The van der Waals surface area contributed by atoms with Gasteiger partial charge in [-0.2, -0.15) is 0 Å². The van der Waals surface area contributed by atoms with Crippen LogP contribution >= 0.6 is 60.8 Å². The van der Waals surface area contributed by atoms with Crippen molar-refractivity contribution in [2.75, 3.05) is 19.6 Å². The van der Waals surface area contributed by atoms with Crippen molar-refractivity contribution in [3.8, 4) is 0 Å². The van der Waals surface area contributed by atoms with Crippen LogP contribution in [-0.4, -0.2) is 145 Å². The maximum Gasteiger partial charge on any atom is 0.373 e. The Morgan fingerprint density at radius 1 is 0.446 bits per heavy atom. The third kappa shape index (κ3) is 13.0. The summed E-state index contributed by atoms with van der Waals surface area (Å²) in [4.78, 5) is 176. The van der Waals surface area contributed by atoms with E-state index in [0.717, 1.165) is 13.8 Å². The first-order valence-electron chi connectivity index (χ1n) is 15.6. The normalized spacial score (nSPS) is 15.2. The summed E-state index contributed by atoms with van der Waals surface area (Å²) in [5, 5.41) is -2.26. The summed E-state index contributed by atoms with van der Waals surface area (Å²) < 4.78 is 107. The maximum absolute atomic E-state index is 13.9. The monoisotopic (exact) mass is 983 g/mol. The molecular weight excluding hydrogens is 934 g/mol. The summed E-state index contributed by atoms with van der Waals surface area (Å²) in [5.41, 5.74) is -8.34. The third-order valence-corrected chi connectivity index (χ3v) is 23.1. The van der Waals surface area contributed by atoms with E-state index in [1.54, 1.807) is 0 Å². The van der Waals surface area contributed by atoms with Crippen LogP contribution in [0.4, 0.5) is 0 Å². The number of carboxylic acids is 1. The molecule has 0 atom stereocenters. The summed E-state index contributed by atoms with van der Waals surface area (Å²) >= 11 is 0. The maximum atomic E-state index is 13.9. The predicted molar refractivity (Wildman–Crippen MR) is 190 cm³/mol. The first-order chi connectivity index (χ1) is 24.7. The van der Waals surface area contributed by atoms with Crippen LogP contribution in [0, 0.1) is 0 Å². The molecule has 0 rings (SSSR count). The summed E-state index contributed by atoms with van der Waals surface area (Å²) in [6.07, 6.45) is -3.56. The molecule has 0 fully saturated rings. The van der Waals surface area contributed by atoms with E-state index in [9.17, 15) is 120 Å². The van der Waals surface area contributed by atoms with Crippen LogP contribution in [0.2, 0.25) is 0 Å². The number of nitrogens with zero attached hydrogens (tertiary/aromatic N) is 3. The summed E-state index contributed by atoms with van der Waals surface area (Å²) in [6, 6.07) is 0. The van der Waals surface area contributed by atoms with Crippen molar-refractivity contribution in [3.05, 3.63) is 0 Å². The van der Waals surface area contributed by atoms with E-state index in [-0.39, 0.29) is 32.1 Å². The lowest BCUT2D eigenvalue weighted by Crippen LogP contribution is -2.73. The third-order valence-electron chi connectivity index (χ3n) is 7.77. The van der Waals surface area contributed by atoms with Crippen LogP contribution < -0.4 is 0 Å². The van der Waals surface area contributed by atoms with E-state index < -0.39 is 148 Å². The molecule has 37 heteroatoms. The SMILES string of the molecule is CCCN(C(P(=O)(O)O)P(=O)(O)O)C(N(CCCCCCCCC(=O)O)C(N(CCC)C(P(=O)(O)O)P(=O)(O)O)(P(=O)(O)O)P(=O)(O)O)(P(=O)(O)O)P(=O)(O)O. The zero-order valence-corrected chi connectivity index (χ0v) is 36.5. The second-order valence-electron chi connectivity index (χ2n) is 12.2. The molecular formula is C19H49N3O26P8. The Hall–Kier alpha value is 0.550. The molecule has 17 N–H and O–H groups in total. The Morgan fingerprint density at radius 2 is 0.696 bits per heavy atom. The average Bonchev–Trinajstić information content (AvgIpc) is 2.88. The molecule has 0 aromatic carbocycles. The lowest BCUT2D eigenvalue weighted by atomic mass is 10.1. The molecule has 0 aromatic heterocycles. The Balaban J connectivity index is 9.48. The topological polar surface area (TPSA) is 507 Å². The van der Waals surface area contributed by atoms with Gasteiger partial charge < -0.3 is 83.4 Å². The Kier molecular flexibility index (Phi) is 20.4. The Morgan fingerprint density at radius 3 is 0.911 bits per heavy atom. The van der Waals surface area contributed by atoms with Crippen LogP contribution in [-0.2, 0) is 41.3 Å². The fraction of sp³-hybridized carbons (Fsp3) is 0.947. The molecule has 29 nitrogen and oxygen atoms in total. The molecule has 0 saturated carbocycles. The smallest absolute Gasteiger partial charge is 0.373 e. The van der Waals surface area contributed by atoms with Gasteiger partial charge in [0, 0.05) is 26.1 Å². The molecule has 0 radical (unpaired) electrons. The van der Waals surface area contributed by atoms with Gasteiger partial charge in [-0.1, -0.05) is 39.5 Å². The zero-order chi connectivity index (χ0) is 44.9. The van der Waals surface area contributed by atoms with Crippen molar-refractivity contribution < 1.29 is 125 Å². The lowest BCUT2D eigenvalue weighted by molar-refractivity contribution is -0.137. The van der Waals surface area contributed by atoms with Gasteiger partial charge in [0.25, 0.3) is 10.3 Å². The predicted octanol–water partition coefficient (Wildman–Crippen LogP) is -0.261. The van der Waals surface area contributed by atoms with Crippen molar-refractivity contribution in [3.63, 3.8) is 0 Å². The molecule has 0 spiro atoms. The van der Waals surface area contributed by atoms with Crippen LogP contribution in [0.3, 0.4) is 0 Å². The number of rotatable bonds is 27. The number of hydrogen-bond acceptors (Lipinski definition) is 12. The quantitative estimate of drug-likeness (QED) is 0.0286. The standard InChI is InChI=1S/C19H49N3O26P8/c1-3-12-20(16(49(25,26)27)50(28,29)30)18(53(37,38)39,54(40,41)42)22(14-10-8-6-5-7-9-11-15(23)24)19(55(43,44)45,56(46,47)48)21(13-4-2)17(51(31,32)33)52(34,35)36/h16-17H,3-14H2,1-2H3,(H,23,24)(H2,25,26,27)(H2,28,29,30)(H2,31,32,33)(H2,34,35,36)(H2,37,38,39)(H2,40,41,42)(H2,43,44,45)(H2,46,47,48). The molecule has 56 heavy (non-hydrogen) atoms. The molecule has 0 saturated heterocycles. The van der Waals surface area contributed by atoms with Gasteiger partial charge in [0.2, 0.25) is 11.0 Å². The Labute approximate surface area is 318 Å². The van der Waals surface area contributed by atoms with E-state index in [1.165, 1.54) is 0 Å². The highest BCUT2D eigenvalue weighted by Crippen LogP contribution is 2.83. The van der Waals surface area contributed by atoms with E-state index in [0.29, 0.717) is 0 Å². The number of carbonyl (C=O) groups is 1.